The van der Waals surface area contributed by atoms with Crippen LogP contribution in [0.25, 0.3) is 0 Å². The average molecular weight is 127 g/mol. The van der Waals surface area contributed by atoms with E-state index in [-0.39, 0.29) is 0 Å². The average Bonchev–Trinajstić information content (AvgIpc) is 1.68. The summed E-state index contributed by atoms with van der Waals surface area (Å²) in [5.74, 6) is 0. The fourth-order valence-corrected chi connectivity index (χ4v) is 0.504. The maximum absolute atomic E-state index is 4.53. The van der Waals surface area contributed by atoms with Crippen molar-refractivity contribution in [1.82, 2.24) is 5.32 Å². The molecule has 0 aromatic rings. The Morgan fingerprint density at radius 1 is 1.75 bits per heavy atom. The SMILES string of the molecule is C=C/C=C(\C)NC=S. The number of hydrogen-bond acceptors (Lipinski definition) is 1. The summed E-state index contributed by atoms with van der Waals surface area (Å²) in [4.78, 5) is 0. The van der Waals surface area contributed by atoms with Gasteiger partial charge >= 0.3 is 0 Å². The third kappa shape index (κ3) is 3.56. The first kappa shape index (κ1) is 7.37. The van der Waals surface area contributed by atoms with E-state index in [9.17, 15) is 0 Å². The Balaban J connectivity index is 3.60. The van der Waals surface area contributed by atoms with E-state index in [0.717, 1.165) is 5.70 Å². The largest absolute Gasteiger partial charge is 0.356 e. The molecule has 0 spiro atoms. The molecule has 2 heteroatoms. The van der Waals surface area contributed by atoms with Gasteiger partial charge in [-0.1, -0.05) is 24.9 Å². The molecule has 0 bridgehead atoms. The Kier molecular flexibility index (Phi) is 4.17. The van der Waals surface area contributed by atoms with Crippen molar-refractivity contribution in [3.05, 3.63) is 24.4 Å². The van der Waals surface area contributed by atoms with Crippen LogP contribution in [0.2, 0.25) is 0 Å². The van der Waals surface area contributed by atoms with Crippen molar-refractivity contribution in [3.63, 3.8) is 0 Å². The quantitative estimate of drug-likeness (QED) is 0.456. The van der Waals surface area contributed by atoms with Crippen LogP contribution in [-0.4, -0.2) is 5.49 Å². The van der Waals surface area contributed by atoms with Gasteiger partial charge in [-0.3, -0.25) is 0 Å². The second-order valence-electron chi connectivity index (χ2n) is 1.35. The Bertz CT molecular complexity index is 116. The normalized spacial score (nSPS) is 10.4. The van der Waals surface area contributed by atoms with Crippen LogP contribution in [0.3, 0.4) is 0 Å². The highest BCUT2D eigenvalue weighted by molar-refractivity contribution is 7.78. The van der Waals surface area contributed by atoms with Crippen molar-refractivity contribution in [2.45, 2.75) is 6.92 Å². The first-order chi connectivity index (χ1) is 3.81. The van der Waals surface area contributed by atoms with Gasteiger partial charge in [-0.25, -0.2) is 0 Å². The summed E-state index contributed by atoms with van der Waals surface area (Å²) < 4.78 is 0. The van der Waals surface area contributed by atoms with Crippen LogP contribution >= 0.6 is 12.2 Å². The molecule has 0 saturated heterocycles. The molecule has 1 nitrogen and oxygen atoms in total. The topological polar surface area (TPSA) is 12.0 Å². The maximum atomic E-state index is 4.53. The van der Waals surface area contributed by atoms with E-state index in [1.165, 1.54) is 5.49 Å². The van der Waals surface area contributed by atoms with Gasteiger partial charge in [0.05, 0.1) is 5.49 Å². The number of allylic oxidation sites excluding steroid dienone is 3. The summed E-state index contributed by atoms with van der Waals surface area (Å²) in [5, 5.41) is 2.83. The van der Waals surface area contributed by atoms with Crippen LogP contribution in [0.4, 0.5) is 0 Å². The molecule has 0 aliphatic rings. The Labute approximate surface area is 55.1 Å². The van der Waals surface area contributed by atoms with E-state index < -0.39 is 0 Å². The number of hydrogen-bond donors (Lipinski definition) is 1. The van der Waals surface area contributed by atoms with Gasteiger partial charge in [-0.15, -0.1) is 0 Å². The second-order valence-corrected chi connectivity index (χ2v) is 1.58. The molecule has 44 valence electrons. The van der Waals surface area contributed by atoms with E-state index in [0.29, 0.717) is 0 Å². The van der Waals surface area contributed by atoms with Gasteiger partial charge in [-0.2, -0.15) is 0 Å². The lowest BCUT2D eigenvalue weighted by Crippen LogP contribution is -2.04. The lowest BCUT2D eigenvalue weighted by Gasteiger charge is -1.92. The van der Waals surface area contributed by atoms with Crippen LogP contribution in [0.15, 0.2) is 24.4 Å². The van der Waals surface area contributed by atoms with Gasteiger partial charge < -0.3 is 5.32 Å². The first-order valence-electron chi connectivity index (χ1n) is 2.30. The third-order valence-electron chi connectivity index (χ3n) is 0.654. The smallest absolute Gasteiger partial charge is 0.0656 e. The van der Waals surface area contributed by atoms with Crippen molar-refractivity contribution < 1.29 is 0 Å². The molecule has 0 aliphatic carbocycles. The van der Waals surface area contributed by atoms with Crippen molar-refractivity contribution in [1.29, 1.82) is 0 Å². The predicted octanol–water partition coefficient (Wildman–Crippen LogP) is 1.62. The highest BCUT2D eigenvalue weighted by Crippen LogP contribution is 1.82. The predicted molar refractivity (Wildman–Crippen MR) is 40.7 cm³/mol. The minimum atomic E-state index is 1.01. The molecule has 8 heavy (non-hydrogen) atoms. The summed E-state index contributed by atoms with van der Waals surface area (Å²) in [5.41, 5.74) is 2.48. The van der Waals surface area contributed by atoms with Crippen LogP contribution in [0.5, 0.6) is 0 Å². The second kappa shape index (κ2) is 4.53. The van der Waals surface area contributed by atoms with Crippen LogP contribution in [0, 0.1) is 0 Å². The monoisotopic (exact) mass is 127 g/mol. The number of rotatable bonds is 3. The highest BCUT2D eigenvalue weighted by Gasteiger charge is 1.75. The third-order valence-corrected chi connectivity index (χ3v) is 0.772. The molecule has 0 aromatic carbocycles. The molecule has 0 unspecified atom stereocenters. The molecular weight excluding hydrogens is 118 g/mol. The molecular formula is C6H9NS. The van der Waals surface area contributed by atoms with Gasteiger partial charge in [-0.05, 0) is 13.0 Å². The summed E-state index contributed by atoms with van der Waals surface area (Å²) in [7, 11) is 0. The Hall–Kier alpha value is -0.630. The van der Waals surface area contributed by atoms with E-state index in [4.69, 9.17) is 0 Å². The van der Waals surface area contributed by atoms with Gasteiger partial charge in [0.25, 0.3) is 0 Å². The standard InChI is InChI=1S/C6H9NS/c1-3-4-6(2)7-5-8/h3-5H,1H2,2H3,(H,7,8)/b6-4+. The van der Waals surface area contributed by atoms with Crippen LogP contribution in [-0.2, 0) is 0 Å². The van der Waals surface area contributed by atoms with Crippen LogP contribution < -0.4 is 5.32 Å². The number of nitrogens with one attached hydrogen (secondary N) is 1. The Morgan fingerprint density at radius 2 is 2.38 bits per heavy atom. The van der Waals surface area contributed by atoms with E-state index in [2.05, 4.69) is 24.1 Å². The van der Waals surface area contributed by atoms with Crippen molar-refractivity contribution >= 4 is 17.7 Å². The highest BCUT2D eigenvalue weighted by atomic mass is 32.1. The fourth-order valence-electron chi connectivity index (χ4n) is 0.318. The molecule has 0 fully saturated rings. The molecule has 0 amide bonds. The fraction of sp³-hybridized carbons (Fsp3) is 0.167. The molecule has 0 heterocycles. The van der Waals surface area contributed by atoms with Crippen LogP contribution in [0.1, 0.15) is 6.92 Å². The van der Waals surface area contributed by atoms with Crippen molar-refractivity contribution in [2.75, 3.05) is 0 Å². The lowest BCUT2D eigenvalue weighted by atomic mass is 10.4. The van der Waals surface area contributed by atoms with Crippen molar-refractivity contribution in [3.8, 4) is 0 Å². The number of thiocarbonyl (C=S) groups is 1. The molecule has 0 aliphatic heterocycles. The summed E-state index contributed by atoms with van der Waals surface area (Å²) in [6.45, 7) is 5.44. The lowest BCUT2D eigenvalue weighted by molar-refractivity contribution is 1.16. The van der Waals surface area contributed by atoms with Gasteiger partial charge in [0, 0.05) is 5.70 Å². The molecule has 1 N–H and O–H groups in total. The zero-order valence-electron chi connectivity index (χ0n) is 4.85. The molecule has 0 aromatic heterocycles. The molecule has 0 radical (unpaired) electrons. The van der Waals surface area contributed by atoms with Gasteiger partial charge in [0.1, 0.15) is 0 Å². The molecule has 0 atom stereocenters. The Morgan fingerprint density at radius 3 is 2.75 bits per heavy atom. The molecule has 0 rings (SSSR count). The van der Waals surface area contributed by atoms with Gasteiger partial charge in [0.15, 0.2) is 0 Å². The van der Waals surface area contributed by atoms with Gasteiger partial charge in [0.2, 0.25) is 0 Å². The van der Waals surface area contributed by atoms with Crippen molar-refractivity contribution in [2.24, 2.45) is 0 Å². The maximum Gasteiger partial charge on any atom is 0.0656 e. The molecule has 0 saturated carbocycles. The first-order valence-corrected chi connectivity index (χ1v) is 2.78. The summed E-state index contributed by atoms with van der Waals surface area (Å²) in [6.07, 6.45) is 3.56. The minimum absolute atomic E-state index is 1.01. The van der Waals surface area contributed by atoms with E-state index >= 15 is 0 Å². The summed E-state index contributed by atoms with van der Waals surface area (Å²) >= 11 is 4.53. The van der Waals surface area contributed by atoms with E-state index in [1.807, 2.05) is 13.0 Å². The van der Waals surface area contributed by atoms with E-state index in [1.54, 1.807) is 6.08 Å². The minimum Gasteiger partial charge on any atom is -0.356 e. The summed E-state index contributed by atoms with van der Waals surface area (Å²) in [6, 6.07) is 0. The zero-order valence-corrected chi connectivity index (χ0v) is 5.66. The zero-order chi connectivity index (χ0) is 6.41.